The zero-order chi connectivity index (χ0) is 17.0. The molecule has 0 saturated carbocycles. The molecule has 1 aromatic carbocycles. The summed E-state index contributed by atoms with van der Waals surface area (Å²) < 4.78 is 11.0. The number of aliphatic carboxylic acids is 1. The average Bonchev–Trinajstić information content (AvgIpc) is 2.51. The number of morpholine rings is 1. The van der Waals surface area contributed by atoms with E-state index in [0.717, 1.165) is 0 Å². The van der Waals surface area contributed by atoms with E-state index < -0.39 is 12.1 Å². The molecule has 0 radical (unpaired) electrons. The summed E-state index contributed by atoms with van der Waals surface area (Å²) >= 11 is 0. The minimum absolute atomic E-state index is 0.0512. The van der Waals surface area contributed by atoms with Gasteiger partial charge in [0.05, 0.1) is 19.3 Å². The van der Waals surface area contributed by atoms with Gasteiger partial charge >= 0.3 is 5.97 Å². The Kier molecular flexibility index (Phi) is 5.60. The van der Waals surface area contributed by atoms with Crippen LogP contribution in [0.25, 0.3) is 0 Å². The summed E-state index contributed by atoms with van der Waals surface area (Å²) in [5.74, 6) is -0.226. The van der Waals surface area contributed by atoms with Gasteiger partial charge in [-0.25, -0.2) is 4.79 Å². The molecule has 2 atom stereocenters. The van der Waals surface area contributed by atoms with Crippen molar-refractivity contribution in [2.24, 2.45) is 5.92 Å². The van der Waals surface area contributed by atoms with Crippen molar-refractivity contribution >= 4 is 11.9 Å². The van der Waals surface area contributed by atoms with Crippen molar-refractivity contribution in [3.8, 4) is 5.75 Å². The molecule has 6 heteroatoms. The van der Waals surface area contributed by atoms with Crippen LogP contribution >= 0.6 is 0 Å². The molecule has 0 aromatic heterocycles. The monoisotopic (exact) mass is 321 g/mol. The molecule has 1 N–H and O–H groups in total. The van der Waals surface area contributed by atoms with Gasteiger partial charge in [-0.3, -0.25) is 4.79 Å². The number of carbonyl (C=O) groups excluding carboxylic acids is 1. The molecule has 6 nitrogen and oxygen atoms in total. The van der Waals surface area contributed by atoms with Crippen LogP contribution in [0.15, 0.2) is 24.3 Å². The zero-order valence-electron chi connectivity index (χ0n) is 13.7. The summed E-state index contributed by atoms with van der Waals surface area (Å²) in [5, 5.41) is 9.11. The highest BCUT2D eigenvalue weighted by Crippen LogP contribution is 2.19. The number of nitrogens with zero attached hydrogens (tertiary/aromatic N) is 1. The van der Waals surface area contributed by atoms with Gasteiger partial charge in [0.1, 0.15) is 5.75 Å². The molecule has 1 aliphatic heterocycles. The maximum atomic E-state index is 12.6. The number of carbonyl (C=O) groups is 2. The third-order valence-corrected chi connectivity index (χ3v) is 3.49. The van der Waals surface area contributed by atoms with Crippen LogP contribution in [-0.4, -0.2) is 53.8 Å². The van der Waals surface area contributed by atoms with Gasteiger partial charge in [0, 0.05) is 12.1 Å². The van der Waals surface area contributed by atoms with Crippen molar-refractivity contribution in [3.05, 3.63) is 29.8 Å². The summed E-state index contributed by atoms with van der Waals surface area (Å²) in [6, 6.07) is 6.98. The first-order valence-electron chi connectivity index (χ1n) is 7.77. The maximum Gasteiger partial charge on any atom is 0.334 e. The van der Waals surface area contributed by atoms with Gasteiger partial charge in [-0.05, 0) is 31.0 Å². The Bertz CT molecular complexity index is 572. The fraction of sp³-hybridized carbons (Fsp3) is 0.529. The van der Waals surface area contributed by atoms with Crippen molar-refractivity contribution < 1.29 is 24.2 Å². The van der Waals surface area contributed by atoms with Gasteiger partial charge in [-0.1, -0.05) is 19.9 Å². The Morgan fingerprint density at radius 2 is 2.13 bits per heavy atom. The van der Waals surface area contributed by atoms with Crippen molar-refractivity contribution in [1.29, 1.82) is 0 Å². The van der Waals surface area contributed by atoms with Crippen molar-refractivity contribution in [2.75, 3.05) is 19.7 Å². The van der Waals surface area contributed by atoms with Crippen molar-refractivity contribution in [1.82, 2.24) is 4.90 Å². The van der Waals surface area contributed by atoms with E-state index in [1.165, 1.54) is 4.90 Å². The van der Waals surface area contributed by atoms with Crippen molar-refractivity contribution in [2.45, 2.75) is 33.0 Å². The summed E-state index contributed by atoms with van der Waals surface area (Å²) in [4.78, 5) is 25.3. The molecule has 0 aliphatic carbocycles. The highest BCUT2D eigenvalue weighted by Gasteiger charge is 2.33. The predicted molar refractivity (Wildman–Crippen MR) is 84.6 cm³/mol. The standard InChI is InChI=1S/C17H23NO5/c1-11(2)10-22-14-6-4-5-13(7-14)16(19)18-8-12(3)23-15(9-18)17(20)21/h4-7,11-12,15H,8-10H2,1-3H3,(H,20,21)/t12-,15?/m1/s1. The molecule has 1 aliphatic rings. The van der Waals surface area contributed by atoms with E-state index in [0.29, 0.717) is 30.4 Å². The lowest BCUT2D eigenvalue weighted by atomic mass is 10.1. The molecule has 23 heavy (non-hydrogen) atoms. The molecule has 1 aromatic rings. The quantitative estimate of drug-likeness (QED) is 0.898. The van der Waals surface area contributed by atoms with Crippen LogP contribution in [0.4, 0.5) is 0 Å². The van der Waals surface area contributed by atoms with E-state index in [1.807, 2.05) is 0 Å². The normalized spacial score (nSPS) is 21.3. The van der Waals surface area contributed by atoms with E-state index in [9.17, 15) is 9.59 Å². The first-order chi connectivity index (χ1) is 10.9. The summed E-state index contributed by atoms with van der Waals surface area (Å²) in [7, 11) is 0. The number of amides is 1. The Morgan fingerprint density at radius 1 is 1.39 bits per heavy atom. The largest absolute Gasteiger partial charge is 0.493 e. The molecule has 126 valence electrons. The molecule has 1 heterocycles. The average molecular weight is 321 g/mol. The third-order valence-electron chi connectivity index (χ3n) is 3.49. The van der Waals surface area contributed by atoms with Crippen LogP contribution in [0.2, 0.25) is 0 Å². The second kappa shape index (κ2) is 7.46. The van der Waals surface area contributed by atoms with Crippen LogP contribution in [0.3, 0.4) is 0 Å². The fourth-order valence-corrected chi connectivity index (χ4v) is 2.42. The van der Waals surface area contributed by atoms with Crippen LogP contribution in [0.1, 0.15) is 31.1 Å². The SMILES string of the molecule is CC(C)COc1cccc(C(=O)N2CC(C(=O)O)O[C@H](C)C2)c1. The van der Waals surface area contributed by atoms with Crippen LogP contribution in [-0.2, 0) is 9.53 Å². The molecule has 1 amide bonds. The Morgan fingerprint density at radius 3 is 2.78 bits per heavy atom. The first-order valence-corrected chi connectivity index (χ1v) is 7.77. The van der Waals surface area contributed by atoms with Crippen LogP contribution in [0.5, 0.6) is 5.75 Å². The number of benzene rings is 1. The minimum atomic E-state index is -1.05. The lowest BCUT2D eigenvalue weighted by Gasteiger charge is -2.35. The van der Waals surface area contributed by atoms with E-state index in [4.69, 9.17) is 14.6 Å². The topological polar surface area (TPSA) is 76.1 Å². The fourth-order valence-electron chi connectivity index (χ4n) is 2.42. The Labute approximate surface area is 136 Å². The lowest BCUT2D eigenvalue weighted by molar-refractivity contribution is -0.160. The third kappa shape index (κ3) is 4.69. The highest BCUT2D eigenvalue weighted by molar-refractivity contribution is 5.95. The Balaban J connectivity index is 2.10. The number of hydrogen-bond donors (Lipinski definition) is 1. The van der Waals surface area contributed by atoms with E-state index in [1.54, 1.807) is 31.2 Å². The second-order valence-electron chi connectivity index (χ2n) is 6.22. The zero-order valence-corrected chi connectivity index (χ0v) is 13.7. The van der Waals surface area contributed by atoms with E-state index in [2.05, 4.69) is 13.8 Å². The van der Waals surface area contributed by atoms with Gasteiger partial charge in [0.15, 0.2) is 6.10 Å². The van der Waals surface area contributed by atoms with Gasteiger partial charge < -0.3 is 19.5 Å². The summed E-state index contributed by atoms with van der Waals surface area (Å²) in [6.45, 7) is 6.87. The molecule has 2 rings (SSSR count). The van der Waals surface area contributed by atoms with Gasteiger partial charge in [0.25, 0.3) is 5.91 Å². The van der Waals surface area contributed by atoms with Crippen molar-refractivity contribution in [3.63, 3.8) is 0 Å². The number of carboxylic acids is 1. The molecule has 0 spiro atoms. The second-order valence-corrected chi connectivity index (χ2v) is 6.22. The van der Waals surface area contributed by atoms with Crippen LogP contribution < -0.4 is 4.74 Å². The number of carboxylic acid groups (broad SMARTS) is 1. The molecule has 1 saturated heterocycles. The van der Waals surface area contributed by atoms with Crippen LogP contribution in [0, 0.1) is 5.92 Å². The maximum absolute atomic E-state index is 12.6. The number of ether oxygens (including phenoxy) is 2. The molecule has 0 bridgehead atoms. The summed E-state index contributed by atoms with van der Waals surface area (Å²) in [5.41, 5.74) is 0.490. The lowest BCUT2D eigenvalue weighted by Crippen LogP contribution is -2.51. The molecular weight excluding hydrogens is 298 g/mol. The van der Waals surface area contributed by atoms with E-state index in [-0.39, 0.29) is 18.6 Å². The summed E-state index contributed by atoms with van der Waals surface area (Å²) in [6.07, 6.45) is -1.29. The minimum Gasteiger partial charge on any atom is -0.493 e. The van der Waals surface area contributed by atoms with Gasteiger partial charge in [-0.15, -0.1) is 0 Å². The number of hydrogen-bond acceptors (Lipinski definition) is 4. The highest BCUT2D eigenvalue weighted by atomic mass is 16.5. The predicted octanol–water partition coefficient (Wildman–Crippen LogP) is 2.04. The Hall–Kier alpha value is -2.08. The van der Waals surface area contributed by atoms with E-state index >= 15 is 0 Å². The smallest absolute Gasteiger partial charge is 0.334 e. The first kappa shape index (κ1) is 17.3. The van der Waals surface area contributed by atoms with Gasteiger partial charge in [-0.2, -0.15) is 0 Å². The number of rotatable bonds is 5. The molecule has 1 unspecified atom stereocenters. The van der Waals surface area contributed by atoms with Gasteiger partial charge in [0.2, 0.25) is 0 Å². The molecule has 1 fully saturated rings. The molecular formula is C17H23NO5.